The van der Waals surface area contributed by atoms with Gasteiger partial charge in [-0.2, -0.15) is 0 Å². The van der Waals surface area contributed by atoms with E-state index in [9.17, 15) is 14.0 Å². The van der Waals surface area contributed by atoms with E-state index < -0.39 is 5.92 Å². The lowest BCUT2D eigenvalue weighted by Crippen LogP contribution is -2.36. The summed E-state index contributed by atoms with van der Waals surface area (Å²) in [5.74, 6) is -1.52. The highest BCUT2D eigenvalue weighted by Gasteiger charge is 2.37. The van der Waals surface area contributed by atoms with Gasteiger partial charge in [-0.1, -0.05) is 29.8 Å². The van der Waals surface area contributed by atoms with Gasteiger partial charge in [-0.3, -0.25) is 9.59 Å². The fraction of sp³-hybridized carbons (Fsp3) is 0.263. The summed E-state index contributed by atoms with van der Waals surface area (Å²) in [5.41, 5.74) is 2.60. The number of amides is 2. The van der Waals surface area contributed by atoms with Gasteiger partial charge in [0.15, 0.2) is 0 Å². The summed E-state index contributed by atoms with van der Waals surface area (Å²) >= 11 is 0. The second-order valence-corrected chi connectivity index (χ2v) is 6.01. The van der Waals surface area contributed by atoms with Crippen LogP contribution in [0.4, 0.5) is 10.1 Å². The van der Waals surface area contributed by atoms with Crippen LogP contribution in [0.2, 0.25) is 0 Å². The van der Waals surface area contributed by atoms with Crippen LogP contribution in [-0.4, -0.2) is 18.4 Å². The average Bonchev–Trinajstić information content (AvgIpc) is 2.95. The van der Waals surface area contributed by atoms with Crippen molar-refractivity contribution >= 4 is 17.5 Å². The number of hydrogen-bond donors (Lipinski definition) is 1. The van der Waals surface area contributed by atoms with E-state index in [1.807, 2.05) is 31.2 Å². The summed E-state index contributed by atoms with van der Waals surface area (Å²) in [5, 5.41) is 2.73. The lowest BCUT2D eigenvalue weighted by Gasteiger charge is -2.17. The molecule has 24 heavy (non-hydrogen) atoms. The molecule has 0 saturated carbocycles. The average molecular weight is 326 g/mol. The molecule has 5 heteroatoms. The Morgan fingerprint density at radius 3 is 2.71 bits per heavy atom. The number of carbonyl (C=O) groups excluding carboxylic acids is 2. The molecule has 1 aliphatic heterocycles. The van der Waals surface area contributed by atoms with Crippen LogP contribution in [-0.2, 0) is 16.1 Å². The summed E-state index contributed by atoms with van der Waals surface area (Å²) in [7, 11) is 0. The van der Waals surface area contributed by atoms with E-state index in [0.717, 1.165) is 11.3 Å². The summed E-state index contributed by atoms with van der Waals surface area (Å²) < 4.78 is 13.1. The molecule has 0 aromatic heterocycles. The SMILES string of the molecule is Cc1ccc(N2CCC(C(=O)NCc3cccc(F)c3)C2=O)cc1. The number of carbonyl (C=O) groups is 2. The van der Waals surface area contributed by atoms with E-state index in [0.29, 0.717) is 18.5 Å². The highest BCUT2D eigenvalue weighted by Crippen LogP contribution is 2.25. The van der Waals surface area contributed by atoms with Crippen LogP contribution in [0, 0.1) is 18.7 Å². The molecule has 124 valence electrons. The zero-order valence-electron chi connectivity index (χ0n) is 13.5. The maximum atomic E-state index is 13.1. The first-order valence-corrected chi connectivity index (χ1v) is 7.95. The minimum Gasteiger partial charge on any atom is -0.351 e. The number of rotatable bonds is 4. The van der Waals surface area contributed by atoms with Gasteiger partial charge in [-0.05, 0) is 43.2 Å². The molecule has 3 rings (SSSR count). The lowest BCUT2D eigenvalue weighted by molar-refractivity contribution is -0.132. The van der Waals surface area contributed by atoms with E-state index in [1.54, 1.807) is 17.0 Å². The summed E-state index contributed by atoms with van der Waals surface area (Å²) in [6.07, 6.45) is 0.488. The molecule has 0 aliphatic carbocycles. The number of benzene rings is 2. The molecule has 0 bridgehead atoms. The summed E-state index contributed by atoms with van der Waals surface area (Å²) in [6, 6.07) is 13.7. The quantitative estimate of drug-likeness (QED) is 0.879. The molecule has 1 aliphatic rings. The lowest BCUT2D eigenvalue weighted by atomic mass is 10.1. The van der Waals surface area contributed by atoms with Crippen molar-refractivity contribution in [2.45, 2.75) is 19.9 Å². The van der Waals surface area contributed by atoms with Crippen LogP contribution in [0.15, 0.2) is 48.5 Å². The van der Waals surface area contributed by atoms with Crippen LogP contribution in [0.25, 0.3) is 0 Å². The van der Waals surface area contributed by atoms with E-state index in [2.05, 4.69) is 5.32 Å². The molecule has 2 amide bonds. The molecule has 0 radical (unpaired) electrons. The van der Waals surface area contributed by atoms with Gasteiger partial charge in [-0.15, -0.1) is 0 Å². The van der Waals surface area contributed by atoms with Crippen LogP contribution >= 0.6 is 0 Å². The predicted octanol–water partition coefficient (Wildman–Crippen LogP) is 2.80. The number of halogens is 1. The first kappa shape index (κ1) is 16.2. The van der Waals surface area contributed by atoms with Crippen molar-refractivity contribution in [3.05, 3.63) is 65.5 Å². The monoisotopic (exact) mass is 326 g/mol. The van der Waals surface area contributed by atoms with Gasteiger partial charge in [0.05, 0.1) is 0 Å². The van der Waals surface area contributed by atoms with E-state index in [4.69, 9.17) is 0 Å². The zero-order chi connectivity index (χ0) is 17.1. The number of hydrogen-bond acceptors (Lipinski definition) is 2. The highest BCUT2D eigenvalue weighted by molar-refractivity contribution is 6.09. The highest BCUT2D eigenvalue weighted by atomic mass is 19.1. The van der Waals surface area contributed by atoms with Crippen LogP contribution in [0.3, 0.4) is 0 Å². The van der Waals surface area contributed by atoms with Gasteiger partial charge < -0.3 is 10.2 Å². The second-order valence-electron chi connectivity index (χ2n) is 6.01. The van der Waals surface area contributed by atoms with Gasteiger partial charge >= 0.3 is 0 Å². The maximum absolute atomic E-state index is 13.1. The molecule has 1 atom stereocenters. The van der Waals surface area contributed by atoms with Gasteiger partial charge in [-0.25, -0.2) is 4.39 Å². The first-order chi connectivity index (χ1) is 11.5. The van der Waals surface area contributed by atoms with Crippen molar-refractivity contribution in [3.63, 3.8) is 0 Å². The Labute approximate surface area is 140 Å². The second kappa shape index (κ2) is 6.83. The normalized spacial score (nSPS) is 17.2. The largest absolute Gasteiger partial charge is 0.351 e. The molecule has 0 spiro atoms. The van der Waals surface area contributed by atoms with Crippen molar-refractivity contribution < 1.29 is 14.0 Å². The van der Waals surface area contributed by atoms with Crippen molar-refractivity contribution in [1.82, 2.24) is 5.32 Å². The van der Waals surface area contributed by atoms with E-state index >= 15 is 0 Å². The Morgan fingerprint density at radius 1 is 1.25 bits per heavy atom. The van der Waals surface area contributed by atoms with Gasteiger partial charge in [0.2, 0.25) is 11.8 Å². The first-order valence-electron chi connectivity index (χ1n) is 7.95. The molecule has 2 aromatic carbocycles. The molecule has 1 saturated heterocycles. The molecular weight excluding hydrogens is 307 g/mol. The topological polar surface area (TPSA) is 49.4 Å². The van der Waals surface area contributed by atoms with Crippen molar-refractivity contribution in [2.75, 3.05) is 11.4 Å². The number of nitrogens with zero attached hydrogens (tertiary/aromatic N) is 1. The Balaban J connectivity index is 1.62. The number of nitrogens with one attached hydrogen (secondary N) is 1. The zero-order valence-corrected chi connectivity index (χ0v) is 13.5. The Morgan fingerprint density at radius 2 is 2.00 bits per heavy atom. The van der Waals surface area contributed by atoms with Gasteiger partial charge in [0.25, 0.3) is 0 Å². The fourth-order valence-electron chi connectivity index (χ4n) is 2.86. The molecule has 1 N–H and O–H groups in total. The standard InChI is InChI=1S/C19H19FN2O2/c1-13-5-7-16(8-6-13)22-10-9-17(19(22)24)18(23)21-12-14-3-2-4-15(20)11-14/h2-8,11,17H,9-10,12H2,1H3,(H,21,23). The summed E-state index contributed by atoms with van der Waals surface area (Å²) in [6.45, 7) is 2.73. The fourth-order valence-corrected chi connectivity index (χ4v) is 2.86. The van der Waals surface area contributed by atoms with Crippen LogP contribution in [0.5, 0.6) is 0 Å². The van der Waals surface area contributed by atoms with Crippen LogP contribution in [0.1, 0.15) is 17.5 Å². The minimum absolute atomic E-state index is 0.185. The Bertz CT molecular complexity index is 758. The number of anilines is 1. The molecular formula is C19H19FN2O2. The van der Waals surface area contributed by atoms with Gasteiger partial charge in [0.1, 0.15) is 11.7 Å². The molecule has 2 aromatic rings. The summed E-state index contributed by atoms with van der Waals surface area (Å²) in [4.78, 5) is 26.4. The third-order valence-electron chi connectivity index (χ3n) is 4.22. The number of aryl methyl sites for hydroxylation is 1. The molecule has 1 unspecified atom stereocenters. The maximum Gasteiger partial charge on any atom is 0.239 e. The smallest absolute Gasteiger partial charge is 0.239 e. The predicted molar refractivity (Wildman–Crippen MR) is 89.9 cm³/mol. The molecule has 4 nitrogen and oxygen atoms in total. The molecule has 1 heterocycles. The van der Waals surface area contributed by atoms with Crippen molar-refractivity contribution in [1.29, 1.82) is 0 Å². The van der Waals surface area contributed by atoms with Crippen molar-refractivity contribution in [3.8, 4) is 0 Å². The third kappa shape index (κ3) is 3.45. The minimum atomic E-state index is -0.681. The van der Waals surface area contributed by atoms with E-state index in [1.165, 1.54) is 12.1 Å². The van der Waals surface area contributed by atoms with E-state index in [-0.39, 0.29) is 24.2 Å². The Kier molecular flexibility index (Phi) is 4.60. The third-order valence-corrected chi connectivity index (χ3v) is 4.22. The Hall–Kier alpha value is -2.69. The molecule has 1 fully saturated rings. The van der Waals surface area contributed by atoms with Crippen LogP contribution < -0.4 is 10.2 Å². The van der Waals surface area contributed by atoms with Gasteiger partial charge in [0, 0.05) is 18.8 Å². The van der Waals surface area contributed by atoms with Crippen molar-refractivity contribution in [2.24, 2.45) is 5.92 Å².